The van der Waals surface area contributed by atoms with E-state index in [0.717, 1.165) is 0 Å². The molecule has 24 heavy (non-hydrogen) atoms. The molecule has 7 heteroatoms. The van der Waals surface area contributed by atoms with Crippen LogP contribution in [0.5, 0.6) is 0 Å². The van der Waals surface area contributed by atoms with Gasteiger partial charge in [-0.25, -0.2) is 8.42 Å². The molecule has 0 radical (unpaired) electrons. The zero-order valence-corrected chi connectivity index (χ0v) is 14.4. The molecule has 0 saturated carbocycles. The predicted octanol–water partition coefficient (Wildman–Crippen LogP) is 3.22. The topological polar surface area (TPSA) is 70.1 Å². The molecule has 0 spiro atoms. The summed E-state index contributed by atoms with van der Waals surface area (Å²) in [7, 11) is -1.89. The Hall–Kier alpha value is -2.41. The van der Waals surface area contributed by atoms with E-state index in [9.17, 15) is 13.3 Å². The van der Waals surface area contributed by atoms with Gasteiger partial charge < -0.3 is 4.90 Å². The summed E-state index contributed by atoms with van der Waals surface area (Å²) in [5.74, 6) is 0.120. The molecular formula is C17H19N3O3S. The fourth-order valence-corrected chi connectivity index (χ4v) is 4.77. The van der Waals surface area contributed by atoms with Crippen molar-refractivity contribution in [3.8, 4) is 0 Å². The van der Waals surface area contributed by atoms with Gasteiger partial charge in [-0.15, -0.1) is 4.91 Å². The fourth-order valence-electron chi connectivity index (χ4n) is 3.11. The number of benzene rings is 2. The molecule has 0 fully saturated rings. The summed E-state index contributed by atoms with van der Waals surface area (Å²) < 4.78 is 25.7. The third kappa shape index (κ3) is 2.75. The van der Waals surface area contributed by atoms with Crippen LogP contribution < -0.4 is 4.90 Å². The van der Waals surface area contributed by atoms with Gasteiger partial charge in [-0.1, -0.05) is 31.2 Å². The zero-order valence-electron chi connectivity index (χ0n) is 13.6. The van der Waals surface area contributed by atoms with Crippen LogP contribution in [-0.4, -0.2) is 33.6 Å². The molecule has 0 saturated heterocycles. The van der Waals surface area contributed by atoms with Crippen molar-refractivity contribution in [1.82, 2.24) is 5.01 Å². The SMILES string of the molecule is CC(CN(C)N=O)CN1c2ccccc2S(=O)(=O)c2ccccc21. The molecule has 0 aliphatic carbocycles. The van der Waals surface area contributed by atoms with Crippen LogP contribution in [0.1, 0.15) is 6.92 Å². The van der Waals surface area contributed by atoms with Gasteiger partial charge in [-0.3, -0.25) is 5.01 Å². The first kappa shape index (κ1) is 16.4. The maximum Gasteiger partial charge on any atom is 0.210 e. The van der Waals surface area contributed by atoms with Crippen molar-refractivity contribution in [2.24, 2.45) is 11.2 Å². The van der Waals surface area contributed by atoms with Crippen LogP contribution >= 0.6 is 0 Å². The van der Waals surface area contributed by atoms with E-state index in [1.807, 2.05) is 36.1 Å². The van der Waals surface area contributed by atoms with E-state index >= 15 is 0 Å². The lowest BCUT2D eigenvalue weighted by molar-refractivity contribution is 0.298. The van der Waals surface area contributed by atoms with E-state index in [-0.39, 0.29) is 5.92 Å². The monoisotopic (exact) mass is 345 g/mol. The molecule has 3 rings (SSSR count). The minimum atomic E-state index is -3.52. The van der Waals surface area contributed by atoms with Crippen LogP contribution in [0, 0.1) is 10.8 Å². The van der Waals surface area contributed by atoms with E-state index in [4.69, 9.17) is 0 Å². The molecule has 1 heterocycles. The Morgan fingerprint density at radius 3 is 2.04 bits per heavy atom. The van der Waals surface area contributed by atoms with Crippen molar-refractivity contribution >= 4 is 21.2 Å². The molecule has 0 N–H and O–H groups in total. The van der Waals surface area contributed by atoms with Crippen LogP contribution in [0.4, 0.5) is 11.4 Å². The Labute approximate surface area is 141 Å². The number of hydrogen-bond donors (Lipinski definition) is 0. The third-order valence-corrected chi connectivity index (χ3v) is 5.95. The second-order valence-corrected chi connectivity index (χ2v) is 7.96. The highest BCUT2D eigenvalue weighted by Crippen LogP contribution is 2.43. The van der Waals surface area contributed by atoms with Crippen LogP contribution in [-0.2, 0) is 9.84 Å². The van der Waals surface area contributed by atoms with Gasteiger partial charge in [-0.05, 0) is 30.2 Å². The number of nitrogens with zero attached hydrogens (tertiary/aromatic N) is 3. The van der Waals surface area contributed by atoms with Crippen molar-refractivity contribution in [3.05, 3.63) is 53.4 Å². The van der Waals surface area contributed by atoms with Gasteiger partial charge in [0.05, 0.1) is 26.5 Å². The molecule has 2 aromatic rings. The van der Waals surface area contributed by atoms with E-state index < -0.39 is 9.84 Å². The van der Waals surface area contributed by atoms with Gasteiger partial charge in [-0.2, -0.15) is 0 Å². The normalized spacial score (nSPS) is 16.0. The molecule has 1 aliphatic rings. The lowest BCUT2D eigenvalue weighted by atomic mass is 10.1. The van der Waals surface area contributed by atoms with Gasteiger partial charge >= 0.3 is 0 Å². The number of nitroso groups, excluding NO2 is 1. The van der Waals surface area contributed by atoms with E-state index in [1.165, 1.54) is 5.01 Å². The molecule has 1 unspecified atom stereocenters. The number of sulfone groups is 1. The summed E-state index contributed by atoms with van der Waals surface area (Å²) in [5.41, 5.74) is 1.34. The van der Waals surface area contributed by atoms with Crippen LogP contribution in [0.25, 0.3) is 0 Å². The predicted molar refractivity (Wildman–Crippen MR) is 92.9 cm³/mol. The van der Waals surface area contributed by atoms with Crippen LogP contribution in [0.2, 0.25) is 0 Å². The molecule has 0 aromatic heterocycles. The average molecular weight is 345 g/mol. The third-order valence-electron chi connectivity index (χ3n) is 4.10. The summed E-state index contributed by atoms with van der Waals surface area (Å²) in [6, 6.07) is 14.0. The van der Waals surface area contributed by atoms with Gasteiger partial charge in [0.25, 0.3) is 0 Å². The van der Waals surface area contributed by atoms with Crippen LogP contribution in [0.3, 0.4) is 0 Å². The van der Waals surface area contributed by atoms with Crippen molar-refractivity contribution in [1.29, 1.82) is 0 Å². The summed E-state index contributed by atoms with van der Waals surface area (Å²) >= 11 is 0. The Morgan fingerprint density at radius 1 is 1.04 bits per heavy atom. The molecule has 2 aromatic carbocycles. The Morgan fingerprint density at radius 2 is 1.54 bits per heavy atom. The van der Waals surface area contributed by atoms with Gasteiger partial charge in [0.1, 0.15) is 0 Å². The molecule has 0 amide bonds. The highest BCUT2D eigenvalue weighted by molar-refractivity contribution is 7.92. The maximum absolute atomic E-state index is 12.9. The van der Waals surface area contributed by atoms with Crippen molar-refractivity contribution in [2.75, 3.05) is 25.0 Å². The first-order valence-electron chi connectivity index (χ1n) is 7.70. The number of para-hydroxylation sites is 2. The fraction of sp³-hybridized carbons (Fsp3) is 0.294. The van der Waals surface area contributed by atoms with Gasteiger partial charge in [0.2, 0.25) is 9.84 Å². The minimum Gasteiger partial charge on any atom is -0.339 e. The highest BCUT2D eigenvalue weighted by atomic mass is 32.2. The lowest BCUT2D eigenvalue weighted by Gasteiger charge is -2.34. The number of hydrogen-bond acceptors (Lipinski definition) is 5. The average Bonchev–Trinajstić information content (AvgIpc) is 2.59. The largest absolute Gasteiger partial charge is 0.339 e. The van der Waals surface area contributed by atoms with Crippen molar-refractivity contribution in [2.45, 2.75) is 16.7 Å². The molecular weight excluding hydrogens is 326 g/mol. The maximum atomic E-state index is 12.9. The lowest BCUT2D eigenvalue weighted by Crippen LogP contribution is -2.33. The summed E-state index contributed by atoms with van der Waals surface area (Å²) in [5, 5.41) is 4.25. The molecule has 1 atom stereocenters. The first-order chi connectivity index (χ1) is 11.4. The first-order valence-corrected chi connectivity index (χ1v) is 9.18. The van der Waals surface area contributed by atoms with Crippen molar-refractivity contribution < 1.29 is 8.42 Å². The van der Waals surface area contributed by atoms with Gasteiger partial charge in [0, 0.05) is 20.1 Å². The Bertz CT molecular complexity index is 813. The van der Waals surface area contributed by atoms with Gasteiger partial charge in [0.15, 0.2) is 0 Å². The second kappa shape index (κ2) is 6.24. The quantitative estimate of drug-likeness (QED) is 0.615. The molecule has 126 valence electrons. The molecule has 0 bridgehead atoms. The van der Waals surface area contributed by atoms with Crippen molar-refractivity contribution in [3.63, 3.8) is 0 Å². The standard InChI is InChI=1S/C17H19N3O3S/c1-13(11-19(2)18-21)12-20-14-7-3-5-9-16(14)24(22,23)17-10-6-4-8-15(17)20/h3-10,13H,11-12H2,1-2H3. The minimum absolute atomic E-state index is 0.120. The van der Waals surface area contributed by atoms with E-state index in [1.54, 1.807) is 31.3 Å². The zero-order chi connectivity index (χ0) is 17.3. The molecule has 1 aliphatic heterocycles. The Balaban J connectivity index is 2.06. The smallest absolute Gasteiger partial charge is 0.210 e. The highest BCUT2D eigenvalue weighted by Gasteiger charge is 2.34. The van der Waals surface area contributed by atoms with E-state index in [0.29, 0.717) is 34.3 Å². The summed E-state index contributed by atoms with van der Waals surface area (Å²) in [4.78, 5) is 13.2. The number of anilines is 2. The van der Waals surface area contributed by atoms with E-state index in [2.05, 4.69) is 5.29 Å². The van der Waals surface area contributed by atoms with Crippen LogP contribution in [0.15, 0.2) is 63.6 Å². The number of rotatable bonds is 5. The summed E-state index contributed by atoms with van der Waals surface area (Å²) in [6.45, 7) is 3.09. The Kier molecular flexibility index (Phi) is 4.28. The number of fused-ring (bicyclic) bond motifs is 2. The summed E-state index contributed by atoms with van der Waals surface area (Å²) in [6.07, 6.45) is 0. The molecule has 6 nitrogen and oxygen atoms in total. The second-order valence-electron chi connectivity index (χ2n) is 6.08.